The van der Waals surface area contributed by atoms with Crippen molar-refractivity contribution >= 4 is 5.91 Å². The molecule has 3 nitrogen and oxygen atoms in total. The number of rotatable bonds is 6. The molecule has 1 unspecified atom stereocenters. The van der Waals surface area contributed by atoms with Gasteiger partial charge < -0.3 is 11.1 Å². The molecule has 1 saturated carbocycles. The number of hydrogen-bond acceptors (Lipinski definition) is 2. The number of benzene rings is 1. The van der Waals surface area contributed by atoms with Crippen molar-refractivity contribution in [2.45, 2.75) is 56.9 Å². The Balaban J connectivity index is 1.99. The number of carbonyl (C=O) groups excluding carboxylic acids is 1. The van der Waals surface area contributed by atoms with E-state index in [1.54, 1.807) is 0 Å². The molecule has 1 aromatic carbocycles. The van der Waals surface area contributed by atoms with Crippen molar-refractivity contribution in [3.63, 3.8) is 0 Å². The first kappa shape index (κ1) is 16.0. The van der Waals surface area contributed by atoms with Crippen molar-refractivity contribution in [2.24, 2.45) is 5.73 Å². The van der Waals surface area contributed by atoms with Crippen LogP contribution in [0.3, 0.4) is 0 Å². The predicted molar refractivity (Wildman–Crippen MR) is 82.4 cm³/mol. The summed E-state index contributed by atoms with van der Waals surface area (Å²) in [6, 6.07) is 6.78. The lowest BCUT2D eigenvalue weighted by molar-refractivity contribution is -0.121. The summed E-state index contributed by atoms with van der Waals surface area (Å²) in [6.07, 6.45) is 5.59. The molecule has 2 rings (SSSR count). The molecule has 0 radical (unpaired) electrons. The summed E-state index contributed by atoms with van der Waals surface area (Å²) in [6.45, 7) is 2.54. The largest absolute Gasteiger partial charge is 0.355 e. The second-order valence-electron chi connectivity index (χ2n) is 6.29. The molecule has 1 aliphatic carbocycles. The van der Waals surface area contributed by atoms with E-state index in [-0.39, 0.29) is 23.2 Å². The van der Waals surface area contributed by atoms with Gasteiger partial charge in [-0.15, -0.1) is 0 Å². The number of amides is 1. The van der Waals surface area contributed by atoms with Crippen LogP contribution in [0.15, 0.2) is 24.3 Å². The first-order valence-electron chi connectivity index (χ1n) is 7.80. The van der Waals surface area contributed by atoms with Crippen molar-refractivity contribution < 1.29 is 9.18 Å². The van der Waals surface area contributed by atoms with Gasteiger partial charge in [-0.25, -0.2) is 4.39 Å². The monoisotopic (exact) mass is 292 g/mol. The molecule has 0 aromatic heterocycles. The van der Waals surface area contributed by atoms with Crippen LogP contribution < -0.4 is 11.1 Å². The van der Waals surface area contributed by atoms with Gasteiger partial charge >= 0.3 is 0 Å². The minimum absolute atomic E-state index is 0.0301. The Hall–Kier alpha value is -1.42. The second kappa shape index (κ2) is 7.03. The second-order valence-corrected chi connectivity index (χ2v) is 6.29. The molecule has 1 aromatic rings. The van der Waals surface area contributed by atoms with E-state index in [1.807, 2.05) is 19.1 Å². The first-order valence-corrected chi connectivity index (χ1v) is 7.80. The van der Waals surface area contributed by atoms with Crippen LogP contribution in [0.1, 0.15) is 51.0 Å². The van der Waals surface area contributed by atoms with Gasteiger partial charge in [-0.05, 0) is 43.9 Å². The summed E-state index contributed by atoms with van der Waals surface area (Å²) in [5.74, 6) is -0.159. The molecular weight excluding hydrogens is 267 g/mol. The lowest BCUT2D eigenvalue weighted by Crippen LogP contribution is -2.39. The third-order valence-electron chi connectivity index (χ3n) is 4.47. The minimum Gasteiger partial charge on any atom is -0.355 e. The molecule has 4 heteroatoms. The number of nitrogens with one attached hydrogen (secondary N) is 1. The van der Waals surface area contributed by atoms with E-state index in [2.05, 4.69) is 5.32 Å². The van der Waals surface area contributed by atoms with Crippen LogP contribution in [-0.2, 0) is 10.2 Å². The highest BCUT2D eigenvalue weighted by atomic mass is 19.1. The van der Waals surface area contributed by atoms with Gasteiger partial charge in [0, 0.05) is 24.4 Å². The minimum atomic E-state index is -0.215. The highest BCUT2D eigenvalue weighted by Gasteiger charge is 2.35. The summed E-state index contributed by atoms with van der Waals surface area (Å²) >= 11 is 0. The van der Waals surface area contributed by atoms with Crippen LogP contribution in [0.5, 0.6) is 0 Å². The number of hydrogen-bond donors (Lipinski definition) is 2. The van der Waals surface area contributed by atoms with E-state index in [9.17, 15) is 9.18 Å². The van der Waals surface area contributed by atoms with Crippen LogP contribution in [0.2, 0.25) is 0 Å². The van der Waals surface area contributed by atoms with E-state index < -0.39 is 0 Å². The van der Waals surface area contributed by atoms with Crippen molar-refractivity contribution in [1.29, 1.82) is 0 Å². The van der Waals surface area contributed by atoms with Crippen LogP contribution in [0.4, 0.5) is 4.39 Å². The lowest BCUT2D eigenvalue weighted by atomic mass is 9.78. The molecule has 1 fully saturated rings. The predicted octanol–water partition coefficient (Wildman–Crippen LogP) is 2.88. The molecule has 0 aliphatic heterocycles. The standard InChI is InChI=1S/C17H25FN2O/c1-13(19)4-9-16(21)20-12-17(10-2-3-11-17)14-5-7-15(18)8-6-14/h5-8,13H,2-4,9-12,19H2,1H3,(H,20,21). The Kier molecular flexibility index (Phi) is 5.34. The molecule has 3 N–H and O–H groups in total. The van der Waals surface area contributed by atoms with Crippen LogP contribution in [0.25, 0.3) is 0 Å². The molecule has 1 aliphatic rings. The van der Waals surface area contributed by atoms with E-state index >= 15 is 0 Å². The molecule has 0 saturated heterocycles. The number of nitrogens with two attached hydrogens (primary N) is 1. The van der Waals surface area contributed by atoms with Gasteiger partial charge in [0.05, 0.1) is 0 Å². The molecule has 116 valence electrons. The summed E-state index contributed by atoms with van der Waals surface area (Å²) in [5.41, 5.74) is 6.78. The quantitative estimate of drug-likeness (QED) is 0.847. The zero-order chi connectivity index (χ0) is 15.3. The van der Waals surface area contributed by atoms with Gasteiger partial charge in [-0.1, -0.05) is 25.0 Å². The highest BCUT2D eigenvalue weighted by molar-refractivity contribution is 5.76. The Morgan fingerprint density at radius 3 is 2.52 bits per heavy atom. The van der Waals surface area contributed by atoms with E-state index in [0.717, 1.165) is 31.2 Å². The van der Waals surface area contributed by atoms with Crippen molar-refractivity contribution in [1.82, 2.24) is 5.32 Å². The van der Waals surface area contributed by atoms with Crippen molar-refractivity contribution in [3.05, 3.63) is 35.6 Å². The zero-order valence-corrected chi connectivity index (χ0v) is 12.7. The maximum absolute atomic E-state index is 13.1. The summed E-state index contributed by atoms with van der Waals surface area (Å²) < 4.78 is 13.1. The van der Waals surface area contributed by atoms with Crippen LogP contribution >= 0.6 is 0 Å². The summed E-state index contributed by atoms with van der Waals surface area (Å²) in [5, 5.41) is 3.05. The normalized spacial score (nSPS) is 18.4. The molecule has 21 heavy (non-hydrogen) atoms. The van der Waals surface area contributed by atoms with Gasteiger partial charge in [0.15, 0.2) is 0 Å². The van der Waals surface area contributed by atoms with Gasteiger partial charge in [-0.2, -0.15) is 0 Å². The smallest absolute Gasteiger partial charge is 0.220 e. The Bertz CT molecular complexity index is 464. The van der Waals surface area contributed by atoms with Crippen molar-refractivity contribution in [3.8, 4) is 0 Å². The van der Waals surface area contributed by atoms with Gasteiger partial charge in [0.2, 0.25) is 5.91 Å². The maximum Gasteiger partial charge on any atom is 0.220 e. The average molecular weight is 292 g/mol. The Labute approximate surface area is 126 Å². The van der Waals surface area contributed by atoms with Crippen LogP contribution in [-0.4, -0.2) is 18.5 Å². The molecule has 0 heterocycles. The number of halogens is 1. The fraction of sp³-hybridized carbons (Fsp3) is 0.588. The Morgan fingerprint density at radius 2 is 1.95 bits per heavy atom. The topological polar surface area (TPSA) is 55.1 Å². The molecular formula is C17H25FN2O. The summed E-state index contributed by atoms with van der Waals surface area (Å²) in [4.78, 5) is 11.9. The molecule has 1 atom stereocenters. The van der Waals surface area contributed by atoms with Gasteiger partial charge in [0.1, 0.15) is 5.82 Å². The van der Waals surface area contributed by atoms with Crippen LogP contribution in [0, 0.1) is 5.82 Å². The first-order chi connectivity index (χ1) is 10.0. The molecule has 0 spiro atoms. The zero-order valence-electron chi connectivity index (χ0n) is 12.7. The SMILES string of the molecule is CC(N)CCC(=O)NCC1(c2ccc(F)cc2)CCCC1. The van der Waals surface area contributed by atoms with E-state index in [0.29, 0.717) is 19.4 Å². The van der Waals surface area contributed by atoms with E-state index in [1.165, 1.54) is 12.1 Å². The third-order valence-corrected chi connectivity index (χ3v) is 4.47. The maximum atomic E-state index is 13.1. The fourth-order valence-corrected chi connectivity index (χ4v) is 3.14. The average Bonchev–Trinajstić information content (AvgIpc) is 2.93. The number of carbonyl (C=O) groups is 1. The Morgan fingerprint density at radius 1 is 1.33 bits per heavy atom. The lowest BCUT2D eigenvalue weighted by Gasteiger charge is -2.30. The summed E-state index contributed by atoms with van der Waals surface area (Å²) in [7, 11) is 0. The third kappa shape index (κ3) is 4.27. The van der Waals surface area contributed by atoms with Crippen molar-refractivity contribution in [2.75, 3.05) is 6.54 Å². The highest BCUT2D eigenvalue weighted by Crippen LogP contribution is 2.40. The van der Waals surface area contributed by atoms with Gasteiger partial charge in [-0.3, -0.25) is 4.79 Å². The fourth-order valence-electron chi connectivity index (χ4n) is 3.14. The van der Waals surface area contributed by atoms with Gasteiger partial charge in [0.25, 0.3) is 0 Å². The molecule has 0 bridgehead atoms. The van der Waals surface area contributed by atoms with E-state index in [4.69, 9.17) is 5.73 Å². The molecule has 1 amide bonds.